The Labute approximate surface area is 162 Å². The highest BCUT2D eigenvalue weighted by Gasteiger charge is 2.29. The van der Waals surface area contributed by atoms with Gasteiger partial charge in [0.05, 0.1) is 6.42 Å². The molecule has 0 saturated heterocycles. The molecule has 0 aromatic heterocycles. The van der Waals surface area contributed by atoms with E-state index in [-0.39, 0.29) is 37.1 Å². The van der Waals surface area contributed by atoms with Gasteiger partial charge in [-0.3, -0.25) is 9.59 Å². The Balaban J connectivity index is 1.72. The van der Waals surface area contributed by atoms with Gasteiger partial charge in [-0.2, -0.15) is 0 Å². The Hall–Kier alpha value is -2.60. The van der Waals surface area contributed by atoms with Gasteiger partial charge in [0.15, 0.2) is 5.60 Å². The Morgan fingerprint density at radius 1 is 1.07 bits per heavy atom. The molecule has 2 aromatic carbocycles. The molecule has 0 aliphatic heterocycles. The molecule has 2 rings (SSSR count). The highest BCUT2D eigenvalue weighted by atomic mass is 35.5. The van der Waals surface area contributed by atoms with E-state index < -0.39 is 5.60 Å². The highest BCUT2D eigenvalue weighted by Crippen LogP contribution is 2.20. The van der Waals surface area contributed by atoms with Gasteiger partial charge >= 0.3 is 0 Å². The topological polar surface area (TPSA) is 67.4 Å². The van der Waals surface area contributed by atoms with Crippen molar-refractivity contribution in [3.63, 3.8) is 0 Å². The Morgan fingerprint density at radius 3 is 2.41 bits per heavy atom. The fraction of sp³-hybridized carbons (Fsp3) is 0.300. The van der Waals surface area contributed by atoms with Gasteiger partial charge in [-0.05, 0) is 55.8 Å². The first-order valence-corrected chi connectivity index (χ1v) is 8.88. The Morgan fingerprint density at radius 2 is 1.74 bits per heavy atom. The number of hydrogen-bond donors (Lipinski definition) is 2. The van der Waals surface area contributed by atoms with Crippen molar-refractivity contribution >= 4 is 23.4 Å². The van der Waals surface area contributed by atoms with Crippen LogP contribution in [0.3, 0.4) is 0 Å². The maximum absolute atomic E-state index is 13.1. The molecule has 0 fully saturated rings. The molecule has 0 aliphatic rings. The standard InChI is InChI=1S/C20H22ClFN2O3/c1-20(2,27-17-8-6-15(21)7-9-17)19(26)24-11-10-23-18(25)13-14-4-3-5-16(22)12-14/h3-9,12H,10-11,13H2,1-2H3,(H,23,25)(H,24,26). The van der Waals surface area contributed by atoms with Gasteiger partial charge in [0, 0.05) is 18.1 Å². The number of benzene rings is 2. The van der Waals surface area contributed by atoms with Crippen molar-refractivity contribution < 1.29 is 18.7 Å². The van der Waals surface area contributed by atoms with Gasteiger partial charge in [0.25, 0.3) is 5.91 Å². The van der Waals surface area contributed by atoms with E-state index in [1.807, 2.05) is 0 Å². The summed E-state index contributed by atoms with van der Waals surface area (Å²) in [5.41, 5.74) is -0.492. The average molecular weight is 393 g/mol. The molecule has 7 heteroatoms. The summed E-state index contributed by atoms with van der Waals surface area (Å²) in [5.74, 6) is -0.401. The smallest absolute Gasteiger partial charge is 0.263 e. The van der Waals surface area contributed by atoms with Crippen LogP contribution in [0.15, 0.2) is 48.5 Å². The third-order valence-electron chi connectivity index (χ3n) is 3.72. The number of carbonyl (C=O) groups excluding carboxylic acids is 2. The van der Waals surface area contributed by atoms with Crippen molar-refractivity contribution in [2.75, 3.05) is 13.1 Å². The zero-order valence-corrected chi connectivity index (χ0v) is 16.0. The summed E-state index contributed by atoms with van der Waals surface area (Å²) in [4.78, 5) is 24.1. The molecule has 0 saturated carbocycles. The number of carbonyl (C=O) groups is 2. The van der Waals surface area contributed by atoms with E-state index in [0.717, 1.165) is 0 Å². The number of hydrogen-bond acceptors (Lipinski definition) is 3. The number of nitrogens with one attached hydrogen (secondary N) is 2. The van der Waals surface area contributed by atoms with Gasteiger partial charge in [0.2, 0.25) is 5.91 Å². The molecule has 0 radical (unpaired) electrons. The molecule has 0 spiro atoms. The summed E-state index contributed by atoms with van der Waals surface area (Å²) < 4.78 is 18.8. The first kappa shape index (κ1) is 20.7. The lowest BCUT2D eigenvalue weighted by Gasteiger charge is -2.25. The molecule has 2 N–H and O–H groups in total. The van der Waals surface area contributed by atoms with Crippen molar-refractivity contribution in [3.05, 3.63) is 64.9 Å². The van der Waals surface area contributed by atoms with Crippen molar-refractivity contribution in [2.45, 2.75) is 25.9 Å². The second-order valence-electron chi connectivity index (χ2n) is 6.48. The van der Waals surface area contributed by atoms with Crippen LogP contribution in [-0.2, 0) is 16.0 Å². The second-order valence-corrected chi connectivity index (χ2v) is 6.92. The van der Waals surface area contributed by atoms with E-state index in [4.69, 9.17) is 16.3 Å². The summed E-state index contributed by atoms with van der Waals surface area (Å²) in [6.07, 6.45) is 0.0802. The van der Waals surface area contributed by atoms with Crippen molar-refractivity contribution in [3.8, 4) is 5.75 Å². The number of amides is 2. The lowest BCUT2D eigenvalue weighted by Crippen LogP contribution is -2.48. The molecule has 27 heavy (non-hydrogen) atoms. The number of rotatable bonds is 8. The Kier molecular flexibility index (Phi) is 7.19. The zero-order valence-electron chi connectivity index (χ0n) is 15.2. The van der Waals surface area contributed by atoms with Crippen LogP contribution in [-0.4, -0.2) is 30.5 Å². The van der Waals surface area contributed by atoms with E-state index in [9.17, 15) is 14.0 Å². The molecular formula is C20H22ClFN2O3. The van der Waals surface area contributed by atoms with Crippen LogP contribution >= 0.6 is 11.6 Å². The summed E-state index contributed by atoms with van der Waals surface area (Å²) in [7, 11) is 0. The van der Waals surface area contributed by atoms with Crippen LogP contribution < -0.4 is 15.4 Å². The molecule has 5 nitrogen and oxygen atoms in total. The Bertz CT molecular complexity index is 794. The lowest BCUT2D eigenvalue weighted by molar-refractivity contribution is -0.134. The summed E-state index contributed by atoms with van der Waals surface area (Å²) in [6, 6.07) is 12.6. The van der Waals surface area contributed by atoms with Crippen molar-refractivity contribution in [2.24, 2.45) is 0 Å². The molecule has 0 unspecified atom stereocenters. The molecular weight excluding hydrogens is 371 g/mol. The third kappa shape index (κ3) is 6.90. The van der Waals surface area contributed by atoms with E-state index in [1.54, 1.807) is 50.2 Å². The molecule has 0 atom stereocenters. The van der Waals surface area contributed by atoms with Crippen molar-refractivity contribution in [1.82, 2.24) is 10.6 Å². The summed E-state index contributed by atoms with van der Waals surface area (Å²) >= 11 is 5.83. The summed E-state index contributed by atoms with van der Waals surface area (Å²) in [6.45, 7) is 3.82. The van der Waals surface area contributed by atoms with E-state index >= 15 is 0 Å². The monoisotopic (exact) mass is 392 g/mol. The van der Waals surface area contributed by atoms with Gasteiger partial charge in [0.1, 0.15) is 11.6 Å². The summed E-state index contributed by atoms with van der Waals surface area (Å²) in [5, 5.41) is 5.98. The lowest BCUT2D eigenvalue weighted by atomic mass is 10.1. The van der Waals surface area contributed by atoms with Gasteiger partial charge < -0.3 is 15.4 Å². The van der Waals surface area contributed by atoms with E-state index in [2.05, 4.69) is 10.6 Å². The fourth-order valence-electron chi connectivity index (χ4n) is 2.33. The minimum absolute atomic E-state index is 0.0802. The van der Waals surface area contributed by atoms with Crippen LogP contribution in [0.1, 0.15) is 19.4 Å². The molecule has 0 aliphatic carbocycles. The maximum Gasteiger partial charge on any atom is 0.263 e. The van der Waals surface area contributed by atoms with Crippen LogP contribution in [0.4, 0.5) is 4.39 Å². The van der Waals surface area contributed by atoms with Crippen LogP contribution in [0, 0.1) is 5.82 Å². The number of halogens is 2. The van der Waals surface area contributed by atoms with Gasteiger partial charge in [-0.15, -0.1) is 0 Å². The molecule has 2 amide bonds. The average Bonchev–Trinajstić information content (AvgIpc) is 2.60. The van der Waals surface area contributed by atoms with Gasteiger partial charge in [-0.25, -0.2) is 4.39 Å². The van der Waals surface area contributed by atoms with E-state index in [0.29, 0.717) is 16.3 Å². The maximum atomic E-state index is 13.1. The van der Waals surface area contributed by atoms with Crippen LogP contribution in [0.2, 0.25) is 5.02 Å². The predicted octanol–water partition coefficient (Wildman–Crippen LogP) is 3.11. The van der Waals surface area contributed by atoms with Crippen LogP contribution in [0.25, 0.3) is 0 Å². The highest BCUT2D eigenvalue weighted by molar-refractivity contribution is 6.30. The molecule has 0 bridgehead atoms. The van der Waals surface area contributed by atoms with Crippen LogP contribution in [0.5, 0.6) is 5.75 Å². The minimum atomic E-state index is -1.08. The zero-order chi connectivity index (χ0) is 19.9. The predicted molar refractivity (Wildman–Crippen MR) is 102 cm³/mol. The molecule has 144 valence electrons. The third-order valence-corrected chi connectivity index (χ3v) is 3.97. The molecule has 0 heterocycles. The molecule has 2 aromatic rings. The first-order valence-electron chi connectivity index (χ1n) is 8.50. The van der Waals surface area contributed by atoms with Gasteiger partial charge in [-0.1, -0.05) is 23.7 Å². The fourth-order valence-corrected chi connectivity index (χ4v) is 2.46. The normalized spacial score (nSPS) is 11.0. The largest absolute Gasteiger partial charge is 0.478 e. The quantitative estimate of drug-likeness (QED) is 0.678. The van der Waals surface area contributed by atoms with Crippen molar-refractivity contribution in [1.29, 1.82) is 0 Å². The first-order chi connectivity index (χ1) is 12.8. The SMILES string of the molecule is CC(C)(Oc1ccc(Cl)cc1)C(=O)NCCNC(=O)Cc1cccc(F)c1. The number of ether oxygens (including phenoxy) is 1. The minimum Gasteiger partial charge on any atom is -0.478 e. The van der Waals surface area contributed by atoms with E-state index in [1.165, 1.54) is 12.1 Å². The second kappa shape index (κ2) is 9.37.